The Morgan fingerprint density at radius 1 is 1.14 bits per heavy atom. The molecular formula is C20H20FN5OS. The van der Waals surface area contributed by atoms with Gasteiger partial charge in [-0.3, -0.25) is 4.79 Å². The van der Waals surface area contributed by atoms with Gasteiger partial charge in [0.05, 0.1) is 10.6 Å². The van der Waals surface area contributed by atoms with Crippen molar-refractivity contribution in [2.75, 3.05) is 13.1 Å². The molecule has 2 atom stereocenters. The highest BCUT2D eigenvalue weighted by atomic mass is 32.1. The van der Waals surface area contributed by atoms with E-state index < -0.39 is 0 Å². The summed E-state index contributed by atoms with van der Waals surface area (Å²) in [7, 11) is 0. The Balaban J connectivity index is 1.50. The Labute approximate surface area is 166 Å². The number of rotatable bonds is 3. The molecule has 1 N–H and O–H groups in total. The maximum absolute atomic E-state index is 13.4. The lowest BCUT2D eigenvalue weighted by Gasteiger charge is -2.22. The first kappa shape index (κ1) is 17.5. The second-order valence-corrected chi connectivity index (χ2v) is 8.25. The number of hydrogen-bond acceptors (Lipinski definition) is 5. The van der Waals surface area contributed by atoms with Gasteiger partial charge in [0.2, 0.25) is 5.82 Å². The van der Waals surface area contributed by atoms with Crippen LogP contribution >= 0.6 is 11.3 Å². The van der Waals surface area contributed by atoms with E-state index in [0.29, 0.717) is 36.7 Å². The fraction of sp³-hybridized carbons (Fsp3) is 0.350. The molecule has 1 aromatic carbocycles. The van der Waals surface area contributed by atoms with E-state index in [9.17, 15) is 9.18 Å². The Hall–Kier alpha value is -2.58. The van der Waals surface area contributed by atoms with E-state index in [-0.39, 0.29) is 17.5 Å². The van der Waals surface area contributed by atoms with Crippen LogP contribution in [0.5, 0.6) is 0 Å². The topological polar surface area (TPSA) is 63.1 Å². The van der Waals surface area contributed by atoms with E-state index in [1.807, 2.05) is 22.4 Å². The van der Waals surface area contributed by atoms with E-state index in [2.05, 4.69) is 15.4 Å². The molecule has 0 aliphatic carbocycles. The molecule has 6 nitrogen and oxygen atoms in total. The van der Waals surface area contributed by atoms with Crippen molar-refractivity contribution in [3.63, 3.8) is 0 Å². The first-order valence-electron chi connectivity index (χ1n) is 9.49. The van der Waals surface area contributed by atoms with Gasteiger partial charge in [-0.15, -0.1) is 16.4 Å². The SMILES string of the molecule is O=C(c1nc(-c2cccs2)n(-c2ccc(F)cc2)n1)N1CCC2CCC(C1)N2. The summed E-state index contributed by atoms with van der Waals surface area (Å²) < 4.78 is 15.0. The fourth-order valence-corrected chi connectivity index (χ4v) is 4.70. The van der Waals surface area contributed by atoms with Crippen LogP contribution in [0, 0.1) is 5.82 Å². The van der Waals surface area contributed by atoms with Gasteiger partial charge < -0.3 is 10.2 Å². The second-order valence-electron chi connectivity index (χ2n) is 7.30. The zero-order valence-electron chi connectivity index (χ0n) is 15.2. The number of fused-ring (bicyclic) bond motifs is 2. The number of nitrogens with zero attached hydrogens (tertiary/aromatic N) is 4. The van der Waals surface area contributed by atoms with Crippen LogP contribution in [0.15, 0.2) is 41.8 Å². The largest absolute Gasteiger partial charge is 0.334 e. The summed E-state index contributed by atoms with van der Waals surface area (Å²) >= 11 is 1.53. The van der Waals surface area contributed by atoms with Gasteiger partial charge in [-0.1, -0.05) is 6.07 Å². The number of likely N-dealkylation sites (tertiary alicyclic amines) is 1. The lowest BCUT2D eigenvalue weighted by Crippen LogP contribution is -2.39. The Morgan fingerprint density at radius 2 is 1.96 bits per heavy atom. The van der Waals surface area contributed by atoms with Gasteiger partial charge in [0.1, 0.15) is 5.82 Å². The minimum absolute atomic E-state index is 0.145. The third-order valence-corrected chi connectivity index (χ3v) is 6.29. The zero-order chi connectivity index (χ0) is 19.1. The molecule has 2 fully saturated rings. The van der Waals surface area contributed by atoms with Crippen molar-refractivity contribution in [3.8, 4) is 16.4 Å². The van der Waals surface area contributed by atoms with Gasteiger partial charge in [0.25, 0.3) is 5.91 Å². The van der Waals surface area contributed by atoms with E-state index in [0.717, 1.165) is 17.7 Å². The van der Waals surface area contributed by atoms with Gasteiger partial charge in [-0.25, -0.2) is 14.1 Å². The first-order chi connectivity index (χ1) is 13.7. The summed E-state index contributed by atoms with van der Waals surface area (Å²) in [6, 6.07) is 10.8. The minimum Gasteiger partial charge on any atom is -0.334 e. The molecule has 0 spiro atoms. The predicted molar refractivity (Wildman–Crippen MR) is 105 cm³/mol. The predicted octanol–water partition coefficient (Wildman–Crippen LogP) is 3.10. The Morgan fingerprint density at radius 3 is 2.75 bits per heavy atom. The van der Waals surface area contributed by atoms with Crippen LogP contribution in [0.2, 0.25) is 0 Å². The number of carbonyl (C=O) groups is 1. The molecule has 2 saturated heterocycles. The highest BCUT2D eigenvalue weighted by Gasteiger charge is 2.33. The van der Waals surface area contributed by atoms with Crippen LogP contribution in [-0.4, -0.2) is 50.7 Å². The van der Waals surface area contributed by atoms with Crippen molar-refractivity contribution in [1.82, 2.24) is 25.0 Å². The van der Waals surface area contributed by atoms with Gasteiger partial charge in [0.15, 0.2) is 5.82 Å². The normalized spacial score (nSPS) is 21.7. The summed E-state index contributed by atoms with van der Waals surface area (Å²) in [4.78, 5) is 20.5. The van der Waals surface area contributed by atoms with E-state index in [4.69, 9.17) is 0 Å². The highest BCUT2D eigenvalue weighted by molar-refractivity contribution is 7.13. The molecule has 28 heavy (non-hydrogen) atoms. The second kappa shape index (κ2) is 7.10. The van der Waals surface area contributed by atoms with E-state index in [1.54, 1.807) is 16.8 Å². The molecule has 3 aromatic rings. The van der Waals surface area contributed by atoms with Gasteiger partial charge in [-0.05, 0) is 55.0 Å². The summed E-state index contributed by atoms with van der Waals surface area (Å²) in [5, 5.41) is 10.1. The third kappa shape index (κ3) is 3.22. The van der Waals surface area contributed by atoms with Crippen molar-refractivity contribution < 1.29 is 9.18 Å². The van der Waals surface area contributed by atoms with Crippen molar-refractivity contribution in [2.24, 2.45) is 0 Å². The van der Waals surface area contributed by atoms with Crippen molar-refractivity contribution in [2.45, 2.75) is 31.3 Å². The fourth-order valence-electron chi connectivity index (χ4n) is 4.00. The zero-order valence-corrected chi connectivity index (χ0v) is 16.0. The van der Waals surface area contributed by atoms with Crippen LogP contribution in [-0.2, 0) is 0 Å². The average molecular weight is 397 g/mol. The summed E-state index contributed by atoms with van der Waals surface area (Å²) in [6.45, 7) is 1.40. The minimum atomic E-state index is -0.315. The number of aromatic nitrogens is 3. The van der Waals surface area contributed by atoms with Gasteiger partial charge in [0, 0.05) is 25.2 Å². The molecule has 2 bridgehead atoms. The molecule has 4 heterocycles. The average Bonchev–Trinajstić information content (AvgIpc) is 3.41. The molecule has 2 aromatic heterocycles. The summed E-state index contributed by atoms with van der Waals surface area (Å²) in [5.74, 6) is 0.322. The molecule has 0 saturated carbocycles. The van der Waals surface area contributed by atoms with E-state index >= 15 is 0 Å². The molecule has 1 amide bonds. The number of thiophene rings is 1. The Kier molecular flexibility index (Phi) is 4.44. The molecule has 0 radical (unpaired) electrons. The molecule has 144 valence electrons. The quantitative estimate of drug-likeness (QED) is 0.738. The number of carbonyl (C=O) groups excluding carboxylic acids is 1. The molecule has 2 aliphatic heterocycles. The number of halogens is 1. The van der Waals surface area contributed by atoms with Crippen molar-refractivity contribution in [1.29, 1.82) is 0 Å². The van der Waals surface area contributed by atoms with Crippen LogP contribution < -0.4 is 5.32 Å². The summed E-state index contributed by atoms with van der Waals surface area (Å²) in [6.07, 6.45) is 3.25. The molecule has 2 aliphatic rings. The van der Waals surface area contributed by atoms with Crippen molar-refractivity contribution in [3.05, 3.63) is 53.4 Å². The lowest BCUT2D eigenvalue weighted by atomic mass is 10.1. The number of amides is 1. The summed E-state index contributed by atoms with van der Waals surface area (Å²) in [5.41, 5.74) is 0.674. The van der Waals surface area contributed by atoms with Crippen LogP contribution in [0.1, 0.15) is 29.9 Å². The Bertz CT molecular complexity index is 985. The molecular weight excluding hydrogens is 377 g/mol. The molecule has 5 rings (SSSR count). The number of hydrogen-bond donors (Lipinski definition) is 1. The molecule has 8 heteroatoms. The third-order valence-electron chi connectivity index (χ3n) is 5.42. The standard InChI is InChI=1S/C20H20FN5OS/c21-13-3-7-16(8-4-13)26-19(17-2-1-11-28-17)23-18(24-26)20(27)25-10-9-14-5-6-15(12-25)22-14/h1-4,7-8,11,14-15,22H,5-6,9-10,12H2. The number of nitrogens with one attached hydrogen (secondary N) is 1. The maximum Gasteiger partial charge on any atom is 0.293 e. The van der Waals surface area contributed by atoms with Gasteiger partial charge >= 0.3 is 0 Å². The van der Waals surface area contributed by atoms with E-state index in [1.165, 1.54) is 29.9 Å². The molecule has 2 unspecified atom stereocenters. The van der Waals surface area contributed by atoms with Crippen LogP contribution in [0.25, 0.3) is 16.4 Å². The highest BCUT2D eigenvalue weighted by Crippen LogP contribution is 2.27. The smallest absolute Gasteiger partial charge is 0.293 e. The number of benzene rings is 1. The van der Waals surface area contributed by atoms with Crippen LogP contribution in [0.4, 0.5) is 4.39 Å². The van der Waals surface area contributed by atoms with Gasteiger partial charge in [-0.2, -0.15) is 0 Å². The monoisotopic (exact) mass is 397 g/mol. The lowest BCUT2D eigenvalue weighted by molar-refractivity contribution is 0.0736. The first-order valence-corrected chi connectivity index (χ1v) is 10.4. The van der Waals surface area contributed by atoms with Crippen molar-refractivity contribution >= 4 is 17.2 Å². The van der Waals surface area contributed by atoms with Crippen LogP contribution in [0.3, 0.4) is 0 Å². The maximum atomic E-state index is 13.4.